The molecule has 1 N–H and O–H groups in total. The average Bonchev–Trinajstić information content (AvgIpc) is 2.83. The van der Waals surface area contributed by atoms with Crippen molar-refractivity contribution in [3.63, 3.8) is 0 Å². The van der Waals surface area contributed by atoms with E-state index in [9.17, 15) is 9.18 Å². The minimum absolute atomic E-state index is 0.0525. The highest BCUT2D eigenvalue weighted by atomic mass is 19.1. The molecule has 7 heteroatoms. The van der Waals surface area contributed by atoms with E-state index < -0.39 is 5.97 Å². The molecule has 0 aliphatic heterocycles. The van der Waals surface area contributed by atoms with Crippen LogP contribution in [0.2, 0.25) is 0 Å². The molecule has 2 rings (SSSR count). The van der Waals surface area contributed by atoms with Crippen LogP contribution in [-0.2, 0) is 24.2 Å². The molecule has 0 bridgehead atoms. The van der Waals surface area contributed by atoms with Gasteiger partial charge in [0.25, 0.3) is 0 Å². The Labute approximate surface area is 108 Å². The molecule has 6 nitrogen and oxygen atoms in total. The van der Waals surface area contributed by atoms with Gasteiger partial charge in [0, 0.05) is 6.42 Å². The maximum atomic E-state index is 13.4. The third-order valence-electron chi connectivity index (χ3n) is 2.60. The van der Waals surface area contributed by atoms with Crippen LogP contribution >= 0.6 is 0 Å². The lowest BCUT2D eigenvalue weighted by Crippen LogP contribution is -2.07. The molecule has 0 aliphatic rings. The topological polar surface area (TPSA) is 80.9 Å². The average molecular weight is 264 g/mol. The first-order chi connectivity index (χ1) is 9.15. The Balaban J connectivity index is 1.90. The summed E-state index contributed by atoms with van der Waals surface area (Å²) >= 11 is 0. The minimum Gasteiger partial charge on any atom is -0.481 e. The van der Waals surface area contributed by atoms with Gasteiger partial charge in [-0.15, -0.1) is 10.2 Å². The fraction of sp³-hybridized carbons (Fsp3) is 0.333. The number of aromatic nitrogens is 4. The second kappa shape index (κ2) is 6.03. The van der Waals surface area contributed by atoms with Crippen LogP contribution in [0.25, 0.3) is 0 Å². The van der Waals surface area contributed by atoms with Crippen LogP contribution < -0.4 is 0 Å². The molecule has 0 saturated carbocycles. The molecule has 0 saturated heterocycles. The first-order valence-corrected chi connectivity index (χ1v) is 5.87. The van der Waals surface area contributed by atoms with E-state index in [0.29, 0.717) is 24.2 Å². The van der Waals surface area contributed by atoms with Gasteiger partial charge in [-0.1, -0.05) is 18.2 Å². The zero-order valence-electron chi connectivity index (χ0n) is 10.2. The zero-order valence-corrected chi connectivity index (χ0v) is 10.2. The number of hydrogen-bond acceptors (Lipinski definition) is 4. The third kappa shape index (κ3) is 3.84. The number of carboxylic acid groups (broad SMARTS) is 1. The number of hydrogen-bond donors (Lipinski definition) is 1. The van der Waals surface area contributed by atoms with Crippen molar-refractivity contribution in [1.29, 1.82) is 0 Å². The molecule has 1 aromatic carbocycles. The first-order valence-electron chi connectivity index (χ1n) is 5.87. The molecule has 19 heavy (non-hydrogen) atoms. The maximum Gasteiger partial charge on any atom is 0.305 e. The van der Waals surface area contributed by atoms with E-state index in [1.54, 1.807) is 18.2 Å². The monoisotopic (exact) mass is 264 g/mol. The number of aryl methyl sites for hydroxylation is 3. The third-order valence-corrected chi connectivity index (χ3v) is 2.60. The molecule has 1 aromatic heterocycles. The van der Waals surface area contributed by atoms with Crippen LogP contribution in [-0.4, -0.2) is 31.3 Å². The van der Waals surface area contributed by atoms with Gasteiger partial charge in [0.05, 0.1) is 13.0 Å². The fourth-order valence-electron chi connectivity index (χ4n) is 1.61. The maximum absolute atomic E-state index is 13.4. The van der Waals surface area contributed by atoms with Gasteiger partial charge in [-0.25, -0.2) is 4.39 Å². The summed E-state index contributed by atoms with van der Waals surface area (Å²) in [6.45, 7) is 0.183. The smallest absolute Gasteiger partial charge is 0.305 e. The standard InChI is InChI=1S/C12H13FN4O2/c13-10-4-2-1-3-9(10)5-6-11-14-16-17(15-11)8-7-12(18)19/h1-4H,5-8H2,(H,18,19). The number of carbonyl (C=O) groups is 1. The summed E-state index contributed by atoms with van der Waals surface area (Å²) in [4.78, 5) is 11.6. The first kappa shape index (κ1) is 13.1. The predicted molar refractivity (Wildman–Crippen MR) is 63.9 cm³/mol. The van der Waals surface area contributed by atoms with Gasteiger partial charge >= 0.3 is 5.97 Å². The van der Waals surface area contributed by atoms with Crippen molar-refractivity contribution in [2.24, 2.45) is 0 Å². The predicted octanol–water partition coefficient (Wildman–Crippen LogP) is 1.07. The second-order valence-electron chi connectivity index (χ2n) is 4.04. The molecular weight excluding hydrogens is 251 g/mol. The lowest BCUT2D eigenvalue weighted by atomic mass is 10.1. The Hall–Kier alpha value is -2.31. The van der Waals surface area contributed by atoms with E-state index in [2.05, 4.69) is 15.4 Å². The summed E-state index contributed by atoms with van der Waals surface area (Å²) in [5, 5.41) is 20.1. The van der Waals surface area contributed by atoms with Crippen LogP contribution in [0, 0.1) is 5.82 Å². The van der Waals surface area contributed by atoms with E-state index in [0.717, 1.165) is 0 Å². The SMILES string of the molecule is O=C(O)CCn1nnc(CCc2ccccc2F)n1. The summed E-state index contributed by atoms with van der Waals surface area (Å²) in [5.41, 5.74) is 0.601. The Morgan fingerprint density at radius 2 is 2.11 bits per heavy atom. The van der Waals surface area contributed by atoms with E-state index >= 15 is 0 Å². The Morgan fingerprint density at radius 1 is 1.32 bits per heavy atom. The molecule has 100 valence electrons. The number of rotatable bonds is 6. The van der Waals surface area contributed by atoms with Crippen LogP contribution in [0.3, 0.4) is 0 Å². The van der Waals surface area contributed by atoms with Crippen molar-refractivity contribution in [2.75, 3.05) is 0 Å². The molecule has 0 radical (unpaired) electrons. The van der Waals surface area contributed by atoms with E-state index in [4.69, 9.17) is 5.11 Å². The molecule has 0 spiro atoms. The number of carboxylic acids is 1. The quantitative estimate of drug-likeness (QED) is 0.844. The zero-order chi connectivity index (χ0) is 13.7. The fourth-order valence-corrected chi connectivity index (χ4v) is 1.61. The van der Waals surface area contributed by atoms with Crippen molar-refractivity contribution < 1.29 is 14.3 Å². The summed E-state index contributed by atoms with van der Waals surface area (Å²) in [5.74, 6) is -0.681. The Bertz CT molecular complexity index is 570. The lowest BCUT2D eigenvalue weighted by molar-refractivity contribution is -0.137. The molecular formula is C12H13FN4O2. The molecule has 0 atom stereocenters. The van der Waals surface area contributed by atoms with Gasteiger partial charge in [-0.3, -0.25) is 4.79 Å². The van der Waals surface area contributed by atoms with Crippen molar-refractivity contribution in [2.45, 2.75) is 25.8 Å². The van der Waals surface area contributed by atoms with Crippen molar-refractivity contribution in [1.82, 2.24) is 20.2 Å². The van der Waals surface area contributed by atoms with Crippen LogP contribution in [0.1, 0.15) is 17.8 Å². The molecule has 0 amide bonds. The van der Waals surface area contributed by atoms with Crippen LogP contribution in [0.5, 0.6) is 0 Å². The van der Waals surface area contributed by atoms with Gasteiger partial charge in [0.15, 0.2) is 5.82 Å². The number of nitrogens with zero attached hydrogens (tertiary/aromatic N) is 4. The molecule has 0 fully saturated rings. The van der Waals surface area contributed by atoms with Crippen molar-refractivity contribution in [3.05, 3.63) is 41.5 Å². The van der Waals surface area contributed by atoms with Gasteiger partial charge in [-0.05, 0) is 23.3 Å². The summed E-state index contributed by atoms with van der Waals surface area (Å²) in [6, 6.07) is 6.53. The number of aliphatic carboxylic acids is 1. The highest BCUT2D eigenvalue weighted by Crippen LogP contribution is 2.08. The number of halogens is 1. The van der Waals surface area contributed by atoms with Crippen LogP contribution in [0.4, 0.5) is 4.39 Å². The highest BCUT2D eigenvalue weighted by molar-refractivity contribution is 5.66. The van der Waals surface area contributed by atoms with Gasteiger partial charge in [-0.2, -0.15) is 4.80 Å². The molecule has 0 unspecified atom stereocenters. The number of benzene rings is 1. The van der Waals surface area contributed by atoms with Gasteiger partial charge < -0.3 is 5.11 Å². The van der Waals surface area contributed by atoms with Crippen LogP contribution in [0.15, 0.2) is 24.3 Å². The Morgan fingerprint density at radius 3 is 2.84 bits per heavy atom. The van der Waals surface area contributed by atoms with Gasteiger partial charge in [0.2, 0.25) is 0 Å². The molecule has 0 aliphatic carbocycles. The molecule has 2 aromatic rings. The Kier molecular flexibility index (Phi) is 4.17. The van der Waals surface area contributed by atoms with Crippen molar-refractivity contribution in [3.8, 4) is 0 Å². The normalized spacial score (nSPS) is 10.6. The summed E-state index contributed by atoms with van der Waals surface area (Å²) < 4.78 is 13.4. The highest BCUT2D eigenvalue weighted by Gasteiger charge is 2.07. The van der Waals surface area contributed by atoms with E-state index in [-0.39, 0.29) is 18.8 Å². The summed E-state index contributed by atoms with van der Waals surface area (Å²) in [7, 11) is 0. The molecule has 1 heterocycles. The van der Waals surface area contributed by atoms with Crippen molar-refractivity contribution >= 4 is 5.97 Å². The second-order valence-corrected chi connectivity index (χ2v) is 4.04. The minimum atomic E-state index is -0.912. The van der Waals surface area contributed by atoms with Gasteiger partial charge in [0.1, 0.15) is 5.82 Å². The summed E-state index contributed by atoms with van der Waals surface area (Å²) in [6.07, 6.45) is 0.897. The van der Waals surface area contributed by atoms with E-state index in [1.807, 2.05) is 0 Å². The lowest BCUT2D eigenvalue weighted by Gasteiger charge is -1.99. The number of tetrazole rings is 1. The largest absolute Gasteiger partial charge is 0.481 e. The van der Waals surface area contributed by atoms with E-state index in [1.165, 1.54) is 10.9 Å².